The van der Waals surface area contributed by atoms with Crippen LogP contribution < -0.4 is 0 Å². The Labute approximate surface area is 79.3 Å². The molecule has 2 nitrogen and oxygen atoms in total. The number of aliphatic imine (C=N–C) groups is 1. The SMILES string of the molecule is CCO/C(CC)=N\c1ccccc1. The summed E-state index contributed by atoms with van der Waals surface area (Å²) < 4.78 is 5.35. The topological polar surface area (TPSA) is 21.6 Å². The third-order valence-electron chi connectivity index (χ3n) is 1.62. The quantitative estimate of drug-likeness (QED) is 0.513. The summed E-state index contributed by atoms with van der Waals surface area (Å²) in [6, 6.07) is 9.85. The van der Waals surface area contributed by atoms with Crippen LogP contribution in [0.5, 0.6) is 0 Å². The molecule has 0 aromatic heterocycles. The molecule has 0 N–H and O–H groups in total. The van der Waals surface area contributed by atoms with Gasteiger partial charge < -0.3 is 4.74 Å². The Morgan fingerprint density at radius 2 is 1.92 bits per heavy atom. The van der Waals surface area contributed by atoms with E-state index in [-0.39, 0.29) is 0 Å². The molecule has 70 valence electrons. The van der Waals surface area contributed by atoms with Gasteiger partial charge in [0.15, 0.2) is 5.90 Å². The van der Waals surface area contributed by atoms with Crippen LogP contribution in [0.2, 0.25) is 0 Å². The van der Waals surface area contributed by atoms with E-state index in [1.54, 1.807) is 0 Å². The molecular weight excluding hydrogens is 162 g/mol. The van der Waals surface area contributed by atoms with E-state index in [1.807, 2.05) is 44.2 Å². The highest BCUT2D eigenvalue weighted by Crippen LogP contribution is 2.11. The third-order valence-corrected chi connectivity index (χ3v) is 1.62. The molecule has 0 heterocycles. The maximum atomic E-state index is 5.35. The Balaban J connectivity index is 2.73. The highest BCUT2D eigenvalue weighted by atomic mass is 16.5. The van der Waals surface area contributed by atoms with Crippen molar-refractivity contribution in [1.82, 2.24) is 0 Å². The molecule has 0 bridgehead atoms. The average Bonchev–Trinajstić information content (AvgIpc) is 2.19. The molecule has 1 rings (SSSR count). The van der Waals surface area contributed by atoms with Gasteiger partial charge in [-0.25, -0.2) is 4.99 Å². The highest BCUT2D eigenvalue weighted by Gasteiger charge is 1.94. The molecule has 13 heavy (non-hydrogen) atoms. The number of hydrogen-bond acceptors (Lipinski definition) is 2. The second kappa shape index (κ2) is 5.36. The van der Waals surface area contributed by atoms with Crippen LogP contribution in [0.4, 0.5) is 5.69 Å². The van der Waals surface area contributed by atoms with Crippen molar-refractivity contribution in [2.45, 2.75) is 20.3 Å². The largest absolute Gasteiger partial charge is 0.481 e. The van der Waals surface area contributed by atoms with Crippen molar-refractivity contribution in [3.8, 4) is 0 Å². The highest BCUT2D eigenvalue weighted by molar-refractivity contribution is 5.78. The minimum Gasteiger partial charge on any atom is -0.481 e. The Morgan fingerprint density at radius 1 is 1.23 bits per heavy atom. The number of para-hydroxylation sites is 1. The van der Waals surface area contributed by atoms with Crippen molar-refractivity contribution in [3.63, 3.8) is 0 Å². The van der Waals surface area contributed by atoms with Crippen molar-refractivity contribution < 1.29 is 4.74 Å². The number of hydrogen-bond donors (Lipinski definition) is 0. The van der Waals surface area contributed by atoms with Crippen LogP contribution in [0.1, 0.15) is 20.3 Å². The van der Waals surface area contributed by atoms with E-state index in [0.29, 0.717) is 6.61 Å². The smallest absolute Gasteiger partial charge is 0.188 e. The summed E-state index contributed by atoms with van der Waals surface area (Å²) in [5.41, 5.74) is 0.952. The molecule has 1 aromatic carbocycles. The van der Waals surface area contributed by atoms with Crippen molar-refractivity contribution in [3.05, 3.63) is 30.3 Å². The molecular formula is C11H15NO. The molecule has 2 heteroatoms. The standard InChI is InChI=1S/C11H15NO/c1-3-11(13-4-2)12-10-8-6-5-7-9-10/h5-9H,3-4H2,1-2H3/b12-11-. The summed E-state index contributed by atoms with van der Waals surface area (Å²) in [5, 5.41) is 0. The summed E-state index contributed by atoms with van der Waals surface area (Å²) in [5.74, 6) is 0.800. The monoisotopic (exact) mass is 177 g/mol. The van der Waals surface area contributed by atoms with E-state index in [2.05, 4.69) is 4.99 Å². The third kappa shape index (κ3) is 3.28. The lowest BCUT2D eigenvalue weighted by Gasteiger charge is -2.03. The maximum absolute atomic E-state index is 5.35. The lowest BCUT2D eigenvalue weighted by Crippen LogP contribution is -2.01. The number of rotatable bonds is 3. The van der Waals surface area contributed by atoms with E-state index < -0.39 is 0 Å². The fourth-order valence-corrected chi connectivity index (χ4v) is 1.03. The van der Waals surface area contributed by atoms with Gasteiger partial charge in [0.1, 0.15) is 0 Å². The van der Waals surface area contributed by atoms with Crippen LogP contribution >= 0.6 is 0 Å². The summed E-state index contributed by atoms with van der Waals surface area (Å²) in [7, 11) is 0. The zero-order valence-electron chi connectivity index (χ0n) is 8.16. The Bertz CT molecular complexity index is 267. The molecule has 0 saturated carbocycles. The van der Waals surface area contributed by atoms with Gasteiger partial charge >= 0.3 is 0 Å². The van der Waals surface area contributed by atoms with Crippen molar-refractivity contribution in [1.29, 1.82) is 0 Å². The molecule has 0 saturated heterocycles. The van der Waals surface area contributed by atoms with Gasteiger partial charge in [0.2, 0.25) is 0 Å². The number of nitrogens with zero attached hydrogens (tertiary/aromatic N) is 1. The summed E-state index contributed by atoms with van der Waals surface area (Å²) >= 11 is 0. The molecule has 0 fully saturated rings. The zero-order valence-corrected chi connectivity index (χ0v) is 8.16. The zero-order chi connectivity index (χ0) is 9.52. The first-order valence-electron chi connectivity index (χ1n) is 4.62. The van der Waals surface area contributed by atoms with Gasteiger partial charge in [0, 0.05) is 6.42 Å². The summed E-state index contributed by atoms with van der Waals surface area (Å²) in [4.78, 5) is 4.36. The molecule has 0 aliphatic carbocycles. The summed E-state index contributed by atoms with van der Waals surface area (Å²) in [6.07, 6.45) is 0.836. The normalized spacial score (nSPS) is 11.4. The summed E-state index contributed by atoms with van der Waals surface area (Å²) in [6.45, 7) is 4.69. The van der Waals surface area contributed by atoms with Crippen molar-refractivity contribution >= 4 is 11.6 Å². The van der Waals surface area contributed by atoms with Crippen LogP contribution in [-0.4, -0.2) is 12.5 Å². The second-order valence-electron chi connectivity index (χ2n) is 2.63. The molecule has 0 aliphatic rings. The van der Waals surface area contributed by atoms with Crippen LogP contribution in [0.3, 0.4) is 0 Å². The van der Waals surface area contributed by atoms with Crippen LogP contribution in [0, 0.1) is 0 Å². The Morgan fingerprint density at radius 3 is 2.46 bits per heavy atom. The minimum atomic E-state index is 0.680. The van der Waals surface area contributed by atoms with E-state index in [4.69, 9.17) is 4.74 Å². The first kappa shape index (κ1) is 9.78. The predicted molar refractivity (Wildman–Crippen MR) is 55.5 cm³/mol. The fourth-order valence-electron chi connectivity index (χ4n) is 1.03. The minimum absolute atomic E-state index is 0.680. The van der Waals surface area contributed by atoms with Crippen molar-refractivity contribution in [2.24, 2.45) is 4.99 Å². The van der Waals surface area contributed by atoms with Crippen LogP contribution in [0.15, 0.2) is 35.3 Å². The van der Waals surface area contributed by atoms with E-state index in [1.165, 1.54) is 0 Å². The van der Waals surface area contributed by atoms with Gasteiger partial charge in [-0.2, -0.15) is 0 Å². The van der Waals surface area contributed by atoms with Gasteiger partial charge in [-0.1, -0.05) is 25.1 Å². The first-order chi connectivity index (χ1) is 6.36. The molecule has 0 amide bonds. The van der Waals surface area contributed by atoms with Gasteiger partial charge in [-0.3, -0.25) is 0 Å². The van der Waals surface area contributed by atoms with Crippen molar-refractivity contribution in [2.75, 3.05) is 6.61 Å². The molecule has 0 aliphatic heterocycles. The number of benzene rings is 1. The number of ether oxygens (including phenoxy) is 1. The lowest BCUT2D eigenvalue weighted by atomic mass is 10.3. The second-order valence-corrected chi connectivity index (χ2v) is 2.63. The average molecular weight is 177 g/mol. The molecule has 0 radical (unpaired) electrons. The molecule has 1 aromatic rings. The van der Waals surface area contributed by atoms with E-state index in [0.717, 1.165) is 18.0 Å². The van der Waals surface area contributed by atoms with Gasteiger partial charge in [0.05, 0.1) is 12.3 Å². The van der Waals surface area contributed by atoms with E-state index >= 15 is 0 Å². The van der Waals surface area contributed by atoms with Gasteiger partial charge in [0.25, 0.3) is 0 Å². The van der Waals surface area contributed by atoms with Crippen LogP contribution in [-0.2, 0) is 4.74 Å². The lowest BCUT2D eigenvalue weighted by molar-refractivity contribution is 0.319. The van der Waals surface area contributed by atoms with Gasteiger partial charge in [-0.05, 0) is 19.1 Å². The van der Waals surface area contributed by atoms with Crippen LogP contribution in [0.25, 0.3) is 0 Å². The Kier molecular flexibility index (Phi) is 4.03. The first-order valence-corrected chi connectivity index (χ1v) is 4.62. The maximum Gasteiger partial charge on any atom is 0.188 e. The molecule has 0 unspecified atom stereocenters. The van der Waals surface area contributed by atoms with Gasteiger partial charge in [-0.15, -0.1) is 0 Å². The molecule has 0 atom stereocenters. The Hall–Kier alpha value is -1.31. The van der Waals surface area contributed by atoms with E-state index in [9.17, 15) is 0 Å². The predicted octanol–water partition coefficient (Wildman–Crippen LogP) is 3.16. The molecule has 0 spiro atoms. The fraction of sp³-hybridized carbons (Fsp3) is 0.364.